The van der Waals surface area contributed by atoms with Crippen LogP contribution >= 0.6 is 0 Å². The van der Waals surface area contributed by atoms with Crippen molar-refractivity contribution in [2.24, 2.45) is 5.92 Å². The zero-order valence-electron chi connectivity index (χ0n) is 17.9. The predicted molar refractivity (Wildman–Crippen MR) is 117 cm³/mol. The van der Waals surface area contributed by atoms with E-state index in [9.17, 15) is 14.7 Å². The Bertz CT molecular complexity index is 915. The van der Waals surface area contributed by atoms with E-state index in [0.29, 0.717) is 24.5 Å². The molecule has 0 radical (unpaired) electrons. The van der Waals surface area contributed by atoms with Gasteiger partial charge in [-0.25, -0.2) is 9.97 Å². The Kier molecular flexibility index (Phi) is 7.20. The van der Waals surface area contributed by atoms with Crippen molar-refractivity contribution in [1.82, 2.24) is 15.3 Å². The van der Waals surface area contributed by atoms with Crippen molar-refractivity contribution >= 4 is 34.2 Å². The van der Waals surface area contributed by atoms with Crippen molar-refractivity contribution in [1.29, 1.82) is 0 Å². The number of aliphatic hydroxyl groups excluding tert-OH is 1. The molecule has 1 saturated carbocycles. The molecule has 30 heavy (non-hydrogen) atoms. The van der Waals surface area contributed by atoms with Gasteiger partial charge in [0.1, 0.15) is 11.6 Å². The standard InChI is InChI=1S/C22H31N5O3/c1-13(2)24-21-19-11-20(23-12-16(19)10-18(26-21)7-8-28)27-22(30)15-5-4-6-17(9-15)25-14(3)29/h10-13,15,17,28H,4-9H2,1-3H3,(H,24,26)(H,25,29)(H,23,27,30)/t15?,17-/m1/s1. The molecule has 2 aromatic heterocycles. The molecule has 4 N–H and O–H groups in total. The summed E-state index contributed by atoms with van der Waals surface area (Å²) in [6.07, 6.45) is 5.46. The highest BCUT2D eigenvalue weighted by Crippen LogP contribution is 2.28. The van der Waals surface area contributed by atoms with Crippen LogP contribution in [0.5, 0.6) is 0 Å². The molecule has 162 valence electrons. The van der Waals surface area contributed by atoms with Gasteiger partial charge in [-0.15, -0.1) is 0 Å². The van der Waals surface area contributed by atoms with Gasteiger partial charge in [-0.05, 0) is 45.2 Å². The number of carbonyl (C=O) groups is 2. The normalized spacial score (nSPS) is 19.0. The highest BCUT2D eigenvalue weighted by atomic mass is 16.3. The van der Waals surface area contributed by atoms with Crippen LogP contribution in [0.2, 0.25) is 0 Å². The summed E-state index contributed by atoms with van der Waals surface area (Å²) in [5, 5.41) is 20.2. The van der Waals surface area contributed by atoms with Crippen LogP contribution in [0.15, 0.2) is 18.3 Å². The molecule has 0 spiro atoms. The van der Waals surface area contributed by atoms with E-state index in [2.05, 4.69) is 25.9 Å². The van der Waals surface area contributed by atoms with Crippen LogP contribution in [-0.2, 0) is 16.0 Å². The van der Waals surface area contributed by atoms with Crippen LogP contribution in [0.3, 0.4) is 0 Å². The Morgan fingerprint density at radius 1 is 1.27 bits per heavy atom. The predicted octanol–water partition coefficient (Wildman–Crippen LogP) is 2.62. The molecule has 1 fully saturated rings. The summed E-state index contributed by atoms with van der Waals surface area (Å²) in [6, 6.07) is 3.98. The van der Waals surface area contributed by atoms with Crippen LogP contribution in [0.1, 0.15) is 52.1 Å². The fraction of sp³-hybridized carbons (Fsp3) is 0.545. The maximum atomic E-state index is 12.8. The molecule has 0 aliphatic heterocycles. The molecular weight excluding hydrogens is 382 g/mol. The lowest BCUT2D eigenvalue weighted by atomic mass is 9.85. The molecule has 2 heterocycles. The first kappa shape index (κ1) is 22.0. The van der Waals surface area contributed by atoms with E-state index in [1.54, 1.807) is 6.20 Å². The van der Waals surface area contributed by atoms with E-state index in [1.807, 2.05) is 26.0 Å². The molecule has 0 bridgehead atoms. The van der Waals surface area contributed by atoms with Crippen molar-refractivity contribution in [3.8, 4) is 0 Å². The second-order valence-electron chi connectivity index (χ2n) is 8.28. The van der Waals surface area contributed by atoms with Gasteiger partial charge in [0.2, 0.25) is 11.8 Å². The fourth-order valence-corrected chi connectivity index (χ4v) is 3.97. The molecule has 2 aromatic rings. The van der Waals surface area contributed by atoms with Gasteiger partial charge in [0.05, 0.1) is 0 Å². The first-order chi connectivity index (χ1) is 14.4. The van der Waals surface area contributed by atoms with Crippen molar-refractivity contribution in [3.63, 3.8) is 0 Å². The maximum Gasteiger partial charge on any atom is 0.228 e. The highest BCUT2D eigenvalue weighted by Gasteiger charge is 2.28. The molecule has 2 atom stereocenters. The van der Waals surface area contributed by atoms with E-state index in [1.165, 1.54) is 6.92 Å². The molecule has 0 aromatic carbocycles. The van der Waals surface area contributed by atoms with Crippen molar-refractivity contribution in [2.75, 3.05) is 17.2 Å². The summed E-state index contributed by atoms with van der Waals surface area (Å²) >= 11 is 0. The molecule has 8 heteroatoms. The second-order valence-corrected chi connectivity index (χ2v) is 8.28. The van der Waals surface area contributed by atoms with Gasteiger partial charge in [-0.3, -0.25) is 9.59 Å². The lowest BCUT2D eigenvalue weighted by Gasteiger charge is -2.28. The lowest BCUT2D eigenvalue weighted by Crippen LogP contribution is -2.40. The Morgan fingerprint density at radius 2 is 2.07 bits per heavy atom. The third-order valence-electron chi connectivity index (χ3n) is 5.26. The van der Waals surface area contributed by atoms with Crippen LogP contribution in [0.25, 0.3) is 10.8 Å². The van der Waals surface area contributed by atoms with Gasteiger partial charge in [0, 0.05) is 60.6 Å². The molecule has 2 amide bonds. The SMILES string of the molecule is CC(=O)N[C@@H]1CCCC(C(=O)Nc2cc3c(NC(C)C)nc(CCO)cc3cn2)C1. The number of aromatic nitrogens is 2. The summed E-state index contributed by atoms with van der Waals surface area (Å²) in [7, 11) is 0. The number of rotatable bonds is 7. The van der Waals surface area contributed by atoms with Gasteiger partial charge >= 0.3 is 0 Å². The Balaban J connectivity index is 1.79. The van der Waals surface area contributed by atoms with E-state index in [-0.39, 0.29) is 36.4 Å². The van der Waals surface area contributed by atoms with Crippen LogP contribution < -0.4 is 16.0 Å². The minimum Gasteiger partial charge on any atom is -0.396 e. The minimum atomic E-state index is -0.147. The maximum absolute atomic E-state index is 12.8. The van der Waals surface area contributed by atoms with Crippen molar-refractivity contribution in [3.05, 3.63) is 24.0 Å². The topological polar surface area (TPSA) is 116 Å². The fourth-order valence-electron chi connectivity index (χ4n) is 3.97. The molecule has 0 saturated heterocycles. The molecule has 3 rings (SSSR count). The van der Waals surface area contributed by atoms with Crippen LogP contribution in [0, 0.1) is 5.92 Å². The van der Waals surface area contributed by atoms with E-state index in [4.69, 9.17) is 0 Å². The highest BCUT2D eigenvalue weighted by molar-refractivity contribution is 5.97. The number of pyridine rings is 2. The third kappa shape index (κ3) is 5.66. The average molecular weight is 414 g/mol. The third-order valence-corrected chi connectivity index (χ3v) is 5.26. The summed E-state index contributed by atoms with van der Waals surface area (Å²) in [4.78, 5) is 33.2. The zero-order valence-corrected chi connectivity index (χ0v) is 17.9. The Labute approximate surface area is 176 Å². The minimum absolute atomic E-state index is 0.0298. The second kappa shape index (κ2) is 9.84. The quantitative estimate of drug-likeness (QED) is 0.554. The first-order valence-corrected chi connectivity index (χ1v) is 10.6. The number of aliphatic hydroxyl groups is 1. The number of hydrogen-bond acceptors (Lipinski definition) is 6. The van der Waals surface area contributed by atoms with Crippen LogP contribution in [-0.4, -0.2) is 45.6 Å². The molecule has 1 unspecified atom stereocenters. The molecule has 1 aliphatic rings. The largest absolute Gasteiger partial charge is 0.396 e. The zero-order chi connectivity index (χ0) is 21.7. The Hall–Kier alpha value is -2.74. The number of carbonyl (C=O) groups excluding carboxylic acids is 2. The van der Waals surface area contributed by atoms with Gasteiger partial charge in [0.25, 0.3) is 0 Å². The van der Waals surface area contributed by atoms with Gasteiger partial charge in [0.15, 0.2) is 0 Å². The number of hydrogen-bond donors (Lipinski definition) is 4. The van der Waals surface area contributed by atoms with Gasteiger partial charge in [-0.2, -0.15) is 0 Å². The number of nitrogens with zero attached hydrogens (tertiary/aromatic N) is 2. The van der Waals surface area contributed by atoms with E-state index in [0.717, 1.165) is 35.7 Å². The van der Waals surface area contributed by atoms with Gasteiger partial charge < -0.3 is 21.1 Å². The number of amides is 2. The average Bonchev–Trinajstić information content (AvgIpc) is 2.68. The summed E-state index contributed by atoms with van der Waals surface area (Å²) in [5.41, 5.74) is 0.790. The monoisotopic (exact) mass is 413 g/mol. The molecule has 8 nitrogen and oxygen atoms in total. The summed E-state index contributed by atoms with van der Waals surface area (Å²) in [5.74, 6) is 0.923. The van der Waals surface area contributed by atoms with Crippen LogP contribution in [0.4, 0.5) is 11.6 Å². The van der Waals surface area contributed by atoms with Crippen molar-refractivity contribution in [2.45, 2.75) is 65.0 Å². The summed E-state index contributed by atoms with van der Waals surface area (Å²) in [6.45, 7) is 5.60. The van der Waals surface area contributed by atoms with E-state index >= 15 is 0 Å². The van der Waals surface area contributed by atoms with Crippen molar-refractivity contribution < 1.29 is 14.7 Å². The number of nitrogens with one attached hydrogen (secondary N) is 3. The van der Waals surface area contributed by atoms with E-state index < -0.39 is 0 Å². The lowest BCUT2D eigenvalue weighted by molar-refractivity contribution is -0.123. The van der Waals surface area contributed by atoms with Gasteiger partial charge in [-0.1, -0.05) is 6.42 Å². The molecule has 1 aliphatic carbocycles. The smallest absolute Gasteiger partial charge is 0.228 e. The molecular formula is C22H31N5O3. The number of anilines is 2. The number of fused-ring (bicyclic) bond motifs is 1. The first-order valence-electron chi connectivity index (χ1n) is 10.6. The Morgan fingerprint density at radius 3 is 2.77 bits per heavy atom. The summed E-state index contributed by atoms with van der Waals surface area (Å²) < 4.78 is 0.